The molecule has 3 heterocycles. The van der Waals surface area contributed by atoms with E-state index in [0.29, 0.717) is 5.92 Å². The van der Waals surface area contributed by atoms with E-state index in [1.165, 1.54) is 17.8 Å². The number of likely N-dealkylation sites (tertiary alicyclic amines) is 1. The molecule has 1 aliphatic rings. The van der Waals surface area contributed by atoms with Crippen LogP contribution in [-0.2, 0) is 13.1 Å². The highest BCUT2D eigenvalue weighted by Crippen LogP contribution is 2.26. The zero-order valence-corrected chi connectivity index (χ0v) is 12.1. The molecule has 3 rings (SSSR count). The van der Waals surface area contributed by atoms with Crippen LogP contribution in [0.25, 0.3) is 0 Å². The fourth-order valence-corrected chi connectivity index (χ4v) is 2.82. The van der Waals surface area contributed by atoms with Gasteiger partial charge in [-0.1, -0.05) is 0 Å². The summed E-state index contributed by atoms with van der Waals surface area (Å²) in [6, 6.07) is 2.04. The van der Waals surface area contributed by atoms with Crippen LogP contribution >= 0.6 is 0 Å². The molecule has 6 heteroatoms. The number of aromatic nitrogens is 4. The Morgan fingerprint density at radius 2 is 2.30 bits per heavy atom. The highest BCUT2D eigenvalue weighted by molar-refractivity contribution is 5.08. The van der Waals surface area contributed by atoms with Gasteiger partial charge in [0.15, 0.2) is 0 Å². The van der Waals surface area contributed by atoms with Crippen molar-refractivity contribution in [2.75, 3.05) is 27.2 Å². The second kappa shape index (κ2) is 5.76. The van der Waals surface area contributed by atoms with Crippen LogP contribution in [-0.4, -0.2) is 57.1 Å². The normalized spacial score (nSPS) is 20.1. The minimum absolute atomic E-state index is 0.522. The molecule has 1 aliphatic heterocycles. The van der Waals surface area contributed by atoms with E-state index in [-0.39, 0.29) is 0 Å². The molecule has 2 N–H and O–H groups in total. The molecule has 1 fully saturated rings. The van der Waals surface area contributed by atoms with Gasteiger partial charge in [-0.3, -0.25) is 10.00 Å². The monoisotopic (exact) mass is 274 g/mol. The second-order valence-corrected chi connectivity index (χ2v) is 5.83. The van der Waals surface area contributed by atoms with Crippen LogP contribution in [0.2, 0.25) is 0 Å². The second-order valence-electron chi connectivity index (χ2n) is 5.83. The Balaban J connectivity index is 1.58. The first-order valence-electron chi connectivity index (χ1n) is 7.10. The first-order chi connectivity index (χ1) is 9.70. The zero-order chi connectivity index (χ0) is 13.9. The summed E-state index contributed by atoms with van der Waals surface area (Å²) in [7, 11) is 4.14. The van der Waals surface area contributed by atoms with Crippen molar-refractivity contribution in [3.8, 4) is 0 Å². The topological polar surface area (TPSA) is 63.8 Å². The van der Waals surface area contributed by atoms with Gasteiger partial charge < -0.3 is 9.88 Å². The summed E-state index contributed by atoms with van der Waals surface area (Å²) < 4.78 is 0. The molecule has 1 atom stereocenters. The average molecular weight is 274 g/mol. The first-order valence-corrected chi connectivity index (χ1v) is 7.10. The van der Waals surface area contributed by atoms with Gasteiger partial charge in [0, 0.05) is 49.3 Å². The summed E-state index contributed by atoms with van der Waals surface area (Å²) in [5.74, 6) is 1.66. The van der Waals surface area contributed by atoms with Crippen molar-refractivity contribution in [3.63, 3.8) is 0 Å². The summed E-state index contributed by atoms with van der Waals surface area (Å²) in [6.07, 6.45) is 4.94. The predicted octanol–water partition coefficient (Wildman–Crippen LogP) is 1.18. The van der Waals surface area contributed by atoms with Crippen LogP contribution in [0.15, 0.2) is 18.5 Å². The lowest BCUT2D eigenvalue weighted by Crippen LogP contribution is -2.20. The number of H-pyrrole nitrogens is 2. The van der Waals surface area contributed by atoms with E-state index in [4.69, 9.17) is 0 Å². The minimum Gasteiger partial charge on any atom is -0.345 e. The molecule has 0 spiro atoms. The number of hydrogen-bond acceptors (Lipinski definition) is 4. The molecule has 20 heavy (non-hydrogen) atoms. The summed E-state index contributed by atoms with van der Waals surface area (Å²) in [5.41, 5.74) is 2.37. The highest BCUT2D eigenvalue weighted by Gasteiger charge is 2.26. The minimum atomic E-state index is 0.522. The van der Waals surface area contributed by atoms with E-state index in [1.807, 2.05) is 18.5 Å². The van der Waals surface area contributed by atoms with Crippen molar-refractivity contribution in [2.24, 2.45) is 0 Å². The van der Waals surface area contributed by atoms with Gasteiger partial charge in [0.2, 0.25) is 0 Å². The van der Waals surface area contributed by atoms with Crippen molar-refractivity contribution in [1.82, 2.24) is 30.0 Å². The lowest BCUT2D eigenvalue weighted by molar-refractivity contribution is 0.321. The van der Waals surface area contributed by atoms with Gasteiger partial charge in [-0.2, -0.15) is 5.10 Å². The third-order valence-electron chi connectivity index (χ3n) is 3.75. The fraction of sp³-hybridized carbons (Fsp3) is 0.571. The molecule has 6 nitrogen and oxygen atoms in total. The number of imidazole rings is 1. The van der Waals surface area contributed by atoms with Gasteiger partial charge in [-0.25, -0.2) is 4.98 Å². The molecule has 0 radical (unpaired) electrons. The van der Waals surface area contributed by atoms with Crippen LogP contribution in [0.3, 0.4) is 0 Å². The van der Waals surface area contributed by atoms with Crippen molar-refractivity contribution >= 4 is 0 Å². The summed E-state index contributed by atoms with van der Waals surface area (Å²) in [4.78, 5) is 12.6. The Labute approximate surface area is 119 Å². The Hall–Kier alpha value is -1.66. The van der Waals surface area contributed by atoms with Gasteiger partial charge in [0.1, 0.15) is 5.82 Å². The first kappa shape index (κ1) is 13.3. The van der Waals surface area contributed by atoms with Gasteiger partial charge >= 0.3 is 0 Å². The molecule has 108 valence electrons. The van der Waals surface area contributed by atoms with E-state index in [1.54, 1.807) is 0 Å². The molecule has 0 aromatic carbocycles. The van der Waals surface area contributed by atoms with Crippen LogP contribution in [0.5, 0.6) is 0 Å². The molecular weight excluding hydrogens is 252 g/mol. The molecule has 0 amide bonds. The predicted molar refractivity (Wildman–Crippen MR) is 77.2 cm³/mol. The van der Waals surface area contributed by atoms with Gasteiger partial charge in [0.25, 0.3) is 0 Å². The smallest absolute Gasteiger partial charge is 0.110 e. The average Bonchev–Trinajstić information content (AvgIpc) is 3.09. The third kappa shape index (κ3) is 3.08. The van der Waals surface area contributed by atoms with E-state index in [0.717, 1.165) is 32.0 Å². The Kier molecular flexibility index (Phi) is 3.84. The SMILES string of the molecule is CN(C)Cc1cnc(C2CCN(Cc3ccn[nH]3)C2)[nH]1. The highest BCUT2D eigenvalue weighted by atomic mass is 15.2. The molecule has 1 saturated heterocycles. The quantitative estimate of drug-likeness (QED) is 0.859. The Morgan fingerprint density at radius 1 is 1.40 bits per heavy atom. The van der Waals surface area contributed by atoms with Gasteiger partial charge in [-0.05, 0) is 33.1 Å². The summed E-state index contributed by atoms with van der Waals surface area (Å²) >= 11 is 0. The number of rotatable bonds is 5. The lowest BCUT2D eigenvalue weighted by atomic mass is 10.1. The van der Waals surface area contributed by atoms with E-state index >= 15 is 0 Å². The number of aromatic amines is 2. The molecule has 1 unspecified atom stereocenters. The molecule has 2 aromatic rings. The summed E-state index contributed by atoms with van der Waals surface area (Å²) in [5, 5.41) is 7.02. The standard InChI is InChI=1S/C14H22N6/c1-19(2)9-13-7-15-14(17-13)11-4-6-20(8-11)10-12-3-5-16-18-12/h3,5,7,11H,4,6,8-10H2,1-2H3,(H,15,17)(H,16,18). The van der Waals surface area contributed by atoms with Gasteiger partial charge in [0.05, 0.1) is 0 Å². The van der Waals surface area contributed by atoms with E-state index < -0.39 is 0 Å². The molecule has 0 saturated carbocycles. The molecule has 0 bridgehead atoms. The molecular formula is C14H22N6. The largest absolute Gasteiger partial charge is 0.345 e. The molecule has 2 aromatic heterocycles. The van der Waals surface area contributed by atoms with E-state index in [2.05, 4.69) is 44.1 Å². The third-order valence-corrected chi connectivity index (χ3v) is 3.75. The maximum absolute atomic E-state index is 4.55. The Bertz CT molecular complexity index is 530. The summed E-state index contributed by atoms with van der Waals surface area (Å²) in [6.45, 7) is 4.04. The van der Waals surface area contributed by atoms with Crippen LogP contribution in [0.1, 0.15) is 29.6 Å². The van der Waals surface area contributed by atoms with Crippen LogP contribution < -0.4 is 0 Å². The van der Waals surface area contributed by atoms with Gasteiger partial charge in [-0.15, -0.1) is 0 Å². The molecule has 0 aliphatic carbocycles. The number of nitrogens with one attached hydrogen (secondary N) is 2. The maximum atomic E-state index is 4.55. The van der Waals surface area contributed by atoms with Crippen LogP contribution in [0, 0.1) is 0 Å². The fourth-order valence-electron chi connectivity index (χ4n) is 2.82. The van der Waals surface area contributed by atoms with Crippen LogP contribution in [0.4, 0.5) is 0 Å². The van der Waals surface area contributed by atoms with Crippen molar-refractivity contribution < 1.29 is 0 Å². The lowest BCUT2D eigenvalue weighted by Gasteiger charge is -2.14. The number of nitrogens with zero attached hydrogens (tertiary/aromatic N) is 4. The van der Waals surface area contributed by atoms with Crippen molar-refractivity contribution in [2.45, 2.75) is 25.4 Å². The van der Waals surface area contributed by atoms with Crippen molar-refractivity contribution in [1.29, 1.82) is 0 Å². The Morgan fingerprint density at radius 3 is 3.05 bits per heavy atom. The maximum Gasteiger partial charge on any atom is 0.110 e. The van der Waals surface area contributed by atoms with E-state index in [9.17, 15) is 0 Å². The van der Waals surface area contributed by atoms with Crippen molar-refractivity contribution in [3.05, 3.63) is 35.7 Å². The number of hydrogen-bond donors (Lipinski definition) is 2. The zero-order valence-electron chi connectivity index (χ0n) is 12.1.